The predicted octanol–water partition coefficient (Wildman–Crippen LogP) is 6.38. The molecule has 1 aromatic heterocycles. The zero-order valence-corrected chi connectivity index (χ0v) is 15.3. The molecule has 0 aliphatic rings. The molecule has 1 N–H and O–H groups in total. The Morgan fingerprint density at radius 2 is 1.27 bits per heavy atom. The van der Waals surface area contributed by atoms with E-state index in [0.29, 0.717) is 0 Å². The summed E-state index contributed by atoms with van der Waals surface area (Å²) in [7, 11) is 0. The molecular formula is C18H35N3S. The second-order valence-electron chi connectivity index (χ2n) is 6.25. The highest BCUT2D eigenvalue weighted by Gasteiger charge is 1.97. The third kappa shape index (κ3) is 12.1. The lowest BCUT2D eigenvalue weighted by molar-refractivity contribution is 0.538. The number of nitrogens with zero attached hydrogens (tertiary/aromatic N) is 2. The highest BCUT2D eigenvalue weighted by molar-refractivity contribution is 7.99. The SMILES string of the molecule is CCCCCCCCCCCCCCCCSc1cn[nH]n1. The van der Waals surface area contributed by atoms with Gasteiger partial charge in [-0.15, -0.1) is 16.9 Å². The first-order valence-corrected chi connectivity index (χ1v) is 10.4. The van der Waals surface area contributed by atoms with E-state index in [1.807, 2.05) is 0 Å². The molecular weight excluding hydrogens is 290 g/mol. The maximum atomic E-state index is 4.05. The first-order chi connectivity index (χ1) is 10.9. The van der Waals surface area contributed by atoms with Crippen molar-refractivity contribution in [1.29, 1.82) is 0 Å². The summed E-state index contributed by atoms with van der Waals surface area (Å²) in [4.78, 5) is 0. The van der Waals surface area contributed by atoms with Crippen LogP contribution >= 0.6 is 11.8 Å². The summed E-state index contributed by atoms with van der Waals surface area (Å²) in [5, 5.41) is 11.5. The van der Waals surface area contributed by atoms with Gasteiger partial charge in [-0.25, -0.2) is 0 Å². The van der Waals surface area contributed by atoms with Gasteiger partial charge in [0.1, 0.15) is 5.03 Å². The Labute approximate surface area is 141 Å². The Bertz CT molecular complexity index is 314. The molecule has 0 saturated heterocycles. The quantitative estimate of drug-likeness (QED) is 0.283. The van der Waals surface area contributed by atoms with Gasteiger partial charge >= 0.3 is 0 Å². The van der Waals surface area contributed by atoms with Crippen LogP contribution in [0.25, 0.3) is 0 Å². The zero-order chi connectivity index (χ0) is 15.7. The number of thioether (sulfide) groups is 1. The van der Waals surface area contributed by atoms with Crippen molar-refractivity contribution in [2.45, 2.75) is 102 Å². The third-order valence-corrected chi connectivity index (χ3v) is 5.13. The highest BCUT2D eigenvalue weighted by Crippen LogP contribution is 2.17. The van der Waals surface area contributed by atoms with Gasteiger partial charge in [0, 0.05) is 0 Å². The molecule has 0 spiro atoms. The van der Waals surface area contributed by atoms with E-state index in [2.05, 4.69) is 22.3 Å². The lowest BCUT2D eigenvalue weighted by Crippen LogP contribution is -1.84. The van der Waals surface area contributed by atoms with Crippen molar-refractivity contribution in [3.63, 3.8) is 0 Å². The smallest absolute Gasteiger partial charge is 0.138 e. The van der Waals surface area contributed by atoms with E-state index in [-0.39, 0.29) is 0 Å². The molecule has 128 valence electrons. The topological polar surface area (TPSA) is 41.6 Å². The maximum absolute atomic E-state index is 4.05. The molecule has 0 amide bonds. The van der Waals surface area contributed by atoms with Gasteiger partial charge in [0.15, 0.2) is 0 Å². The minimum absolute atomic E-state index is 1.02. The monoisotopic (exact) mass is 325 g/mol. The number of hydrogen-bond acceptors (Lipinski definition) is 3. The van der Waals surface area contributed by atoms with Crippen LogP contribution in [-0.4, -0.2) is 21.2 Å². The van der Waals surface area contributed by atoms with Crippen molar-refractivity contribution in [2.24, 2.45) is 0 Å². The van der Waals surface area contributed by atoms with Crippen molar-refractivity contribution in [3.8, 4) is 0 Å². The second-order valence-corrected chi connectivity index (χ2v) is 7.37. The summed E-state index contributed by atoms with van der Waals surface area (Å²) in [5.41, 5.74) is 0. The van der Waals surface area contributed by atoms with Gasteiger partial charge in [0.2, 0.25) is 0 Å². The van der Waals surface area contributed by atoms with Crippen molar-refractivity contribution in [1.82, 2.24) is 15.4 Å². The standard InChI is InChI=1S/C18H35N3S/c1-2-3-4-5-6-7-8-9-10-11-12-13-14-15-16-22-18-17-19-21-20-18/h17H,2-16H2,1H3,(H,19,20,21). The van der Waals surface area contributed by atoms with E-state index >= 15 is 0 Å². The average molecular weight is 326 g/mol. The zero-order valence-electron chi connectivity index (χ0n) is 14.5. The van der Waals surface area contributed by atoms with Gasteiger partial charge in [-0.05, 0) is 12.2 Å². The lowest BCUT2D eigenvalue weighted by atomic mass is 10.0. The molecule has 0 radical (unpaired) electrons. The van der Waals surface area contributed by atoms with Crippen LogP contribution in [0.5, 0.6) is 0 Å². The van der Waals surface area contributed by atoms with E-state index < -0.39 is 0 Å². The summed E-state index contributed by atoms with van der Waals surface area (Å²) in [6.07, 6.45) is 21.7. The first-order valence-electron chi connectivity index (χ1n) is 9.42. The molecule has 3 nitrogen and oxygen atoms in total. The molecule has 1 rings (SSSR count). The third-order valence-electron chi connectivity index (χ3n) is 4.14. The van der Waals surface area contributed by atoms with E-state index in [9.17, 15) is 0 Å². The number of hydrogen-bond donors (Lipinski definition) is 1. The highest BCUT2D eigenvalue weighted by atomic mass is 32.2. The molecule has 0 aliphatic heterocycles. The number of aromatic amines is 1. The second kappa shape index (κ2) is 15.4. The molecule has 1 heterocycles. The van der Waals surface area contributed by atoms with E-state index in [4.69, 9.17) is 0 Å². The van der Waals surface area contributed by atoms with Gasteiger partial charge in [-0.3, -0.25) is 0 Å². The summed E-state index contributed by atoms with van der Waals surface area (Å²) < 4.78 is 0. The fourth-order valence-electron chi connectivity index (χ4n) is 2.73. The van der Waals surface area contributed by atoms with Gasteiger partial charge < -0.3 is 0 Å². The summed E-state index contributed by atoms with van der Waals surface area (Å²) in [5.74, 6) is 1.17. The van der Waals surface area contributed by atoms with Crippen LogP contribution in [0.2, 0.25) is 0 Å². The van der Waals surface area contributed by atoms with Gasteiger partial charge in [0.25, 0.3) is 0 Å². The molecule has 0 bridgehead atoms. The maximum Gasteiger partial charge on any atom is 0.138 e. The molecule has 4 heteroatoms. The fourth-order valence-corrected chi connectivity index (χ4v) is 3.52. The fraction of sp³-hybridized carbons (Fsp3) is 0.889. The summed E-state index contributed by atoms with van der Waals surface area (Å²) in [6.45, 7) is 2.29. The normalized spacial score (nSPS) is 11.1. The number of unbranched alkanes of at least 4 members (excludes halogenated alkanes) is 13. The molecule has 0 aliphatic carbocycles. The Morgan fingerprint density at radius 1 is 0.773 bits per heavy atom. The molecule has 1 aromatic rings. The van der Waals surface area contributed by atoms with Gasteiger partial charge in [-0.1, -0.05) is 90.4 Å². The Hall–Kier alpha value is -0.510. The minimum Gasteiger partial charge on any atom is -0.197 e. The number of rotatable bonds is 16. The van der Waals surface area contributed by atoms with Crippen molar-refractivity contribution < 1.29 is 0 Å². The number of H-pyrrole nitrogens is 1. The van der Waals surface area contributed by atoms with Gasteiger partial charge in [-0.2, -0.15) is 10.3 Å². The molecule has 0 saturated carbocycles. The predicted molar refractivity (Wildman–Crippen MR) is 97.4 cm³/mol. The summed E-state index contributed by atoms with van der Waals surface area (Å²) in [6, 6.07) is 0. The van der Waals surface area contributed by atoms with Crippen molar-refractivity contribution in [2.75, 3.05) is 5.75 Å². The first kappa shape index (κ1) is 19.5. The molecule has 0 unspecified atom stereocenters. The van der Waals surface area contributed by atoms with Crippen LogP contribution < -0.4 is 0 Å². The van der Waals surface area contributed by atoms with Crippen LogP contribution in [0.3, 0.4) is 0 Å². The van der Waals surface area contributed by atoms with Crippen LogP contribution in [0.15, 0.2) is 11.2 Å². The van der Waals surface area contributed by atoms with Crippen LogP contribution in [0.4, 0.5) is 0 Å². The van der Waals surface area contributed by atoms with Crippen LogP contribution in [0.1, 0.15) is 96.8 Å². The number of aromatic nitrogens is 3. The average Bonchev–Trinajstić information content (AvgIpc) is 3.04. The molecule has 0 atom stereocenters. The minimum atomic E-state index is 1.02. The van der Waals surface area contributed by atoms with Crippen LogP contribution in [-0.2, 0) is 0 Å². The molecule has 22 heavy (non-hydrogen) atoms. The molecule has 0 fully saturated rings. The van der Waals surface area contributed by atoms with E-state index in [0.717, 1.165) is 5.03 Å². The largest absolute Gasteiger partial charge is 0.197 e. The van der Waals surface area contributed by atoms with Crippen molar-refractivity contribution >= 4 is 11.8 Å². The Morgan fingerprint density at radius 3 is 1.73 bits per heavy atom. The Balaban J connectivity index is 1.68. The lowest BCUT2D eigenvalue weighted by Gasteiger charge is -2.03. The van der Waals surface area contributed by atoms with Gasteiger partial charge in [0.05, 0.1) is 6.20 Å². The molecule has 0 aromatic carbocycles. The van der Waals surface area contributed by atoms with E-state index in [1.54, 1.807) is 18.0 Å². The number of nitrogens with one attached hydrogen (secondary N) is 1. The van der Waals surface area contributed by atoms with Crippen molar-refractivity contribution in [3.05, 3.63) is 6.20 Å². The summed E-state index contributed by atoms with van der Waals surface area (Å²) >= 11 is 1.81. The van der Waals surface area contributed by atoms with Crippen LogP contribution in [0, 0.1) is 0 Å². The Kier molecular flexibility index (Phi) is 13.7. The van der Waals surface area contributed by atoms with E-state index in [1.165, 1.54) is 95.6 Å².